The fourth-order valence-electron chi connectivity index (χ4n) is 2.19. The Labute approximate surface area is 125 Å². The fraction of sp³-hybridized carbons (Fsp3) is 0.133. The zero-order valence-electron chi connectivity index (χ0n) is 11.6. The van der Waals surface area contributed by atoms with E-state index < -0.39 is 0 Å². The molecule has 1 amide bonds. The van der Waals surface area contributed by atoms with Crippen LogP contribution in [0.15, 0.2) is 36.8 Å². The van der Waals surface area contributed by atoms with Gasteiger partial charge >= 0.3 is 0 Å². The van der Waals surface area contributed by atoms with Gasteiger partial charge in [0.1, 0.15) is 4.88 Å². The van der Waals surface area contributed by atoms with Crippen molar-refractivity contribution in [1.29, 1.82) is 0 Å². The number of hydrogen-bond donors (Lipinski definition) is 1. The Morgan fingerprint density at radius 1 is 1.33 bits per heavy atom. The lowest BCUT2D eigenvalue weighted by atomic mass is 10.0. The van der Waals surface area contributed by atoms with Crippen molar-refractivity contribution in [3.63, 3.8) is 0 Å². The zero-order chi connectivity index (χ0) is 14.8. The smallest absolute Gasteiger partial charge is 0.261 e. The topological polar surface area (TPSA) is 64.1 Å². The number of nitrogens with zero attached hydrogens (tertiary/aromatic N) is 2. The first-order valence-electron chi connectivity index (χ1n) is 6.33. The minimum absolute atomic E-state index is 0.109. The van der Waals surface area contributed by atoms with E-state index in [-0.39, 0.29) is 5.91 Å². The van der Waals surface area contributed by atoms with Crippen LogP contribution in [0.25, 0.3) is 21.2 Å². The summed E-state index contributed by atoms with van der Waals surface area (Å²) in [4.78, 5) is 21.1. The van der Waals surface area contributed by atoms with Gasteiger partial charge in [-0.2, -0.15) is 0 Å². The van der Waals surface area contributed by atoms with Crippen molar-refractivity contribution >= 4 is 27.3 Å². The van der Waals surface area contributed by atoms with Gasteiger partial charge in [0.05, 0.1) is 11.8 Å². The van der Waals surface area contributed by atoms with Gasteiger partial charge in [0, 0.05) is 42.7 Å². The van der Waals surface area contributed by atoms with E-state index in [1.807, 2.05) is 18.2 Å². The molecule has 0 atom stereocenters. The van der Waals surface area contributed by atoms with Gasteiger partial charge in [-0.15, -0.1) is 11.3 Å². The van der Waals surface area contributed by atoms with Crippen molar-refractivity contribution in [3.05, 3.63) is 41.7 Å². The van der Waals surface area contributed by atoms with Crippen molar-refractivity contribution in [2.45, 2.75) is 0 Å². The maximum atomic E-state index is 12.2. The second kappa shape index (κ2) is 5.49. The predicted octanol–water partition coefficient (Wildman–Crippen LogP) is 2.73. The molecule has 0 aliphatic carbocycles. The number of fused-ring (bicyclic) bond motifs is 1. The molecular formula is C15H13N3O2S. The molecule has 0 saturated heterocycles. The number of pyridine rings is 2. The van der Waals surface area contributed by atoms with E-state index >= 15 is 0 Å². The summed E-state index contributed by atoms with van der Waals surface area (Å²) >= 11 is 1.43. The van der Waals surface area contributed by atoms with Crippen LogP contribution in [-0.4, -0.2) is 30.0 Å². The van der Waals surface area contributed by atoms with Crippen LogP contribution in [0.1, 0.15) is 9.67 Å². The average Bonchev–Trinajstić information content (AvgIpc) is 2.93. The highest BCUT2D eigenvalue weighted by molar-refractivity contribution is 7.21. The third-order valence-corrected chi connectivity index (χ3v) is 4.30. The average molecular weight is 299 g/mol. The van der Waals surface area contributed by atoms with Crippen LogP contribution in [0.5, 0.6) is 5.88 Å². The van der Waals surface area contributed by atoms with Crippen LogP contribution < -0.4 is 10.1 Å². The molecule has 5 nitrogen and oxygen atoms in total. The Bertz CT molecular complexity index is 814. The van der Waals surface area contributed by atoms with Crippen molar-refractivity contribution in [2.75, 3.05) is 14.2 Å². The van der Waals surface area contributed by atoms with E-state index in [0.717, 1.165) is 21.2 Å². The molecule has 3 heterocycles. The maximum absolute atomic E-state index is 12.2. The summed E-state index contributed by atoms with van der Waals surface area (Å²) < 4.78 is 6.14. The molecule has 1 N–H and O–H groups in total. The lowest BCUT2D eigenvalue weighted by Gasteiger charge is -2.06. The monoisotopic (exact) mass is 299 g/mol. The van der Waals surface area contributed by atoms with E-state index in [9.17, 15) is 4.79 Å². The Morgan fingerprint density at radius 3 is 2.95 bits per heavy atom. The first-order chi connectivity index (χ1) is 10.2. The quantitative estimate of drug-likeness (QED) is 0.807. The van der Waals surface area contributed by atoms with E-state index in [4.69, 9.17) is 4.74 Å². The largest absolute Gasteiger partial charge is 0.481 e. The molecule has 3 aromatic heterocycles. The fourth-order valence-corrected chi connectivity index (χ4v) is 3.33. The van der Waals surface area contributed by atoms with Gasteiger partial charge in [-0.3, -0.25) is 9.78 Å². The Hall–Kier alpha value is -2.47. The molecule has 0 unspecified atom stereocenters. The van der Waals surface area contributed by atoms with Gasteiger partial charge < -0.3 is 10.1 Å². The van der Waals surface area contributed by atoms with Gasteiger partial charge in [-0.1, -0.05) is 0 Å². The van der Waals surface area contributed by atoms with Crippen LogP contribution in [0.4, 0.5) is 0 Å². The molecular weight excluding hydrogens is 286 g/mol. The Balaban J connectivity index is 2.30. The molecule has 6 heteroatoms. The number of ether oxygens (including phenoxy) is 1. The van der Waals surface area contributed by atoms with Gasteiger partial charge in [0.25, 0.3) is 5.91 Å². The standard InChI is InChI=1S/C15H13N3O2S/c1-16-15(19)14-13(9-3-6-18-12(7-9)20-2)10-4-5-17-8-11(10)21-14/h3-8H,1-2H3,(H,16,19). The highest BCUT2D eigenvalue weighted by atomic mass is 32.1. The normalized spacial score (nSPS) is 10.6. The molecule has 0 aliphatic heterocycles. The molecule has 0 aromatic carbocycles. The first kappa shape index (κ1) is 13.5. The third-order valence-electron chi connectivity index (χ3n) is 3.16. The summed E-state index contributed by atoms with van der Waals surface area (Å²) in [5, 5.41) is 3.69. The van der Waals surface area contributed by atoms with Crippen LogP contribution in [0, 0.1) is 0 Å². The molecule has 3 rings (SSSR count). The van der Waals surface area contributed by atoms with Crippen molar-refractivity contribution in [2.24, 2.45) is 0 Å². The molecule has 106 valence electrons. The third kappa shape index (κ3) is 2.34. The van der Waals surface area contributed by atoms with Crippen LogP contribution in [0.3, 0.4) is 0 Å². The summed E-state index contributed by atoms with van der Waals surface area (Å²) in [6, 6.07) is 5.62. The molecule has 0 bridgehead atoms. The minimum Gasteiger partial charge on any atom is -0.481 e. The van der Waals surface area contributed by atoms with E-state index in [2.05, 4.69) is 15.3 Å². The van der Waals surface area contributed by atoms with E-state index in [1.54, 1.807) is 32.7 Å². The van der Waals surface area contributed by atoms with Crippen LogP contribution >= 0.6 is 11.3 Å². The number of nitrogens with one attached hydrogen (secondary N) is 1. The van der Waals surface area contributed by atoms with Crippen molar-refractivity contribution < 1.29 is 9.53 Å². The van der Waals surface area contributed by atoms with Gasteiger partial charge in [-0.25, -0.2) is 4.98 Å². The number of thiophene rings is 1. The van der Waals surface area contributed by atoms with Crippen molar-refractivity contribution in [3.8, 4) is 17.0 Å². The van der Waals surface area contributed by atoms with Crippen LogP contribution in [0.2, 0.25) is 0 Å². The zero-order valence-corrected chi connectivity index (χ0v) is 12.4. The molecule has 0 saturated carbocycles. The Kier molecular flexibility index (Phi) is 3.53. The lowest BCUT2D eigenvalue weighted by Crippen LogP contribution is -2.17. The molecule has 21 heavy (non-hydrogen) atoms. The highest BCUT2D eigenvalue weighted by Crippen LogP contribution is 2.38. The maximum Gasteiger partial charge on any atom is 0.261 e. The summed E-state index contributed by atoms with van der Waals surface area (Å²) in [6.45, 7) is 0. The van der Waals surface area contributed by atoms with Crippen molar-refractivity contribution in [1.82, 2.24) is 15.3 Å². The summed E-state index contributed by atoms with van der Waals surface area (Å²) in [5.41, 5.74) is 1.79. The number of hydrogen-bond acceptors (Lipinski definition) is 5. The summed E-state index contributed by atoms with van der Waals surface area (Å²) in [6.07, 6.45) is 5.17. The van der Waals surface area contributed by atoms with E-state index in [0.29, 0.717) is 10.8 Å². The number of rotatable bonds is 3. The number of carbonyl (C=O) groups is 1. The predicted molar refractivity (Wildman–Crippen MR) is 82.8 cm³/mol. The molecule has 0 aliphatic rings. The Morgan fingerprint density at radius 2 is 2.19 bits per heavy atom. The number of methoxy groups -OCH3 is 1. The summed E-state index contributed by atoms with van der Waals surface area (Å²) in [7, 11) is 3.20. The number of amides is 1. The molecule has 0 radical (unpaired) electrons. The minimum atomic E-state index is -0.109. The molecule has 0 fully saturated rings. The lowest BCUT2D eigenvalue weighted by molar-refractivity contribution is 0.0967. The summed E-state index contributed by atoms with van der Waals surface area (Å²) in [5.74, 6) is 0.408. The SMILES string of the molecule is CNC(=O)c1sc2cnccc2c1-c1ccnc(OC)c1. The number of aromatic nitrogens is 2. The second-order valence-electron chi connectivity index (χ2n) is 4.34. The molecule has 0 spiro atoms. The highest BCUT2D eigenvalue weighted by Gasteiger charge is 2.19. The second-order valence-corrected chi connectivity index (χ2v) is 5.40. The molecule has 3 aromatic rings. The first-order valence-corrected chi connectivity index (χ1v) is 7.15. The van der Waals surface area contributed by atoms with Gasteiger partial charge in [-0.05, 0) is 17.7 Å². The van der Waals surface area contributed by atoms with Gasteiger partial charge in [0.2, 0.25) is 5.88 Å². The number of carbonyl (C=O) groups excluding carboxylic acids is 1. The van der Waals surface area contributed by atoms with Gasteiger partial charge in [0.15, 0.2) is 0 Å². The van der Waals surface area contributed by atoms with E-state index in [1.165, 1.54) is 11.3 Å². The van der Waals surface area contributed by atoms with Crippen LogP contribution in [-0.2, 0) is 0 Å².